The van der Waals surface area contributed by atoms with Gasteiger partial charge < -0.3 is 21.8 Å². The molecule has 1 aliphatic rings. The Morgan fingerprint density at radius 1 is 1.00 bits per heavy atom. The standard InChI is InChI=1S/C18H27N2O2.C6H15N.C2H3N.ClH/c1-4-20(5-2,6-3)14-15-9-11-16(12-10-15)18(22)19-13-7-8-17(19)21;1-4-7(5-2)6-3;1-2-3;/h9-12H,4-8,13-14H2,1-3H3;4-6H2,1-3H3;1H3;1H/q+1;;;/p-1. The molecular formula is C26H45ClN4O2. The molecule has 2 rings (SSSR count). The summed E-state index contributed by atoms with van der Waals surface area (Å²) >= 11 is 0. The molecule has 7 heteroatoms. The SMILES string of the molecule is CC#N.CCN(CC)CC.CC[N+](CC)(CC)Cc1ccc(C(=O)N2CCCC2=O)cc1.[Cl-]. The van der Waals surface area contributed by atoms with Crippen molar-refractivity contribution < 1.29 is 26.5 Å². The summed E-state index contributed by atoms with van der Waals surface area (Å²) in [5.41, 5.74) is 1.86. The molecule has 1 aliphatic heterocycles. The Kier molecular flexibility index (Phi) is 18.6. The molecule has 1 aromatic rings. The minimum atomic E-state index is -0.156. The van der Waals surface area contributed by atoms with Crippen LogP contribution in [-0.4, -0.2) is 71.9 Å². The van der Waals surface area contributed by atoms with Crippen molar-refractivity contribution in [2.24, 2.45) is 0 Å². The van der Waals surface area contributed by atoms with E-state index in [1.807, 2.05) is 24.3 Å². The molecule has 0 aromatic heterocycles. The third kappa shape index (κ3) is 11.2. The van der Waals surface area contributed by atoms with Gasteiger partial charge in [0.1, 0.15) is 6.54 Å². The zero-order valence-corrected chi connectivity index (χ0v) is 22.6. The first-order valence-electron chi connectivity index (χ1n) is 12.1. The average molecular weight is 481 g/mol. The van der Waals surface area contributed by atoms with E-state index in [1.54, 1.807) is 6.07 Å². The van der Waals surface area contributed by atoms with Crippen molar-refractivity contribution >= 4 is 11.8 Å². The molecule has 0 atom stereocenters. The lowest BCUT2D eigenvalue weighted by Crippen LogP contribution is -3.00. The van der Waals surface area contributed by atoms with Crippen LogP contribution in [0, 0.1) is 11.3 Å². The van der Waals surface area contributed by atoms with Gasteiger partial charge in [-0.3, -0.25) is 14.5 Å². The number of carbonyl (C=O) groups excluding carboxylic acids is 2. The molecule has 33 heavy (non-hydrogen) atoms. The highest BCUT2D eigenvalue weighted by molar-refractivity contribution is 6.05. The zero-order chi connectivity index (χ0) is 24.6. The second kappa shape index (κ2) is 18.5. The first-order valence-corrected chi connectivity index (χ1v) is 12.1. The van der Waals surface area contributed by atoms with Crippen LogP contribution in [0.5, 0.6) is 0 Å². The summed E-state index contributed by atoms with van der Waals surface area (Å²) in [4.78, 5) is 27.7. The summed E-state index contributed by atoms with van der Waals surface area (Å²) in [5, 5.41) is 7.32. The van der Waals surface area contributed by atoms with Crippen molar-refractivity contribution in [3.63, 3.8) is 0 Å². The quantitative estimate of drug-likeness (QED) is 0.398. The Labute approximate surface area is 208 Å². The van der Waals surface area contributed by atoms with Crippen molar-refractivity contribution in [1.82, 2.24) is 9.80 Å². The van der Waals surface area contributed by atoms with E-state index in [9.17, 15) is 9.59 Å². The molecule has 1 heterocycles. The average Bonchev–Trinajstić information content (AvgIpc) is 3.25. The summed E-state index contributed by atoms with van der Waals surface area (Å²) in [6.07, 6.45) is 1.28. The smallest absolute Gasteiger partial charge is 0.260 e. The highest BCUT2D eigenvalue weighted by atomic mass is 35.5. The first-order chi connectivity index (χ1) is 15.3. The zero-order valence-electron chi connectivity index (χ0n) is 21.9. The highest BCUT2D eigenvalue weighted by Gasteiger charge is 2.27. The lowest BCUT2D eigenvalue weighted by Gasteiger charge is -2.35. The van der Waals surface area contributed by atoms with E-state index >= 15 is 0 Å². The third-order valence-electron chi connectivity index (χ3n) is 6.39. The predicted molar refractivity (Wildman–Crippen MR) is 132 cm³/mol. The van der Waals surface area contributed by atoms with E-state index in [0.29, 0.717) is 18.5 Å². The van der Waals surface area contributed by atoms with Gasteiger partial charge in [0.25, 0.3) is 5.91 Å². The van der Waals surface area contributed by atoms with Crippen LogP contribution < -0.4 is 12.4 Å². The molecule has 6 nitrogen and oxygen atoms in total. The number of hydrogen-bond acceptors (Lipinski definition) is 4. The number of imide groups is 1. The van der Waals surface area contributed by atoms with Crippen LogP contribution >= 0.6 is 0 Å². The Balaban J connectivity index is 0. The van der Waals surface area contributed by atoms with Crippen LogP contribution in [-0.2, 0) is 11.3 Å². The fourth-order valence-corrected chi connectivity index (χ4v) is 3.84. The predicted octanol–water partition coefficient (Wildman–Crippen LogP) is 1.71. The van der Waals surface area contributed by atoms with Crippen LogP contribution in [0.25, 0.3) is 0 Å². The largest absolute Gasteiger partial charge is 1.00 e. The molecule has 0 unspecified atom stereocenters. The van der Waals surface area contributed by atoms with E-state index in [-0.39, 0.29) is 24.2 Å². The number of benzene rings is 1. The Bertz CT molecular complexity index is 694. The van der Waals surface area contributed by atoms with E-state index in [1.165, 1.54) is 37.0 Å². The first kappa shape index (κ1) is 33.2. The van der Waals surface area contributed by atoms with Gasteiger partial charge in [0.15, 0.2) is 0 Å². The molecule has 0 radical (unpaired) electrons. The monoisotopic (exact) mass is 480 g/mol. The van der Waals surface area contributed by atoms with Crippen molar-refractivity contribution in [2.75, 3.05) is 45.8 Å². The summed E-state index contributed by atoms with van der Waals surface area (Å²) < 4.78 is 1.05. The van der Waals surface area contributed by atoms with Gasteiger partial charge >= 0.3 is 0 Å². The number of likely N-dealkylation sites (tertiary alicyclic amines) is 1. The van der Waals surface area contributed by atoms with E-state index in [0.717, 1.165) is 37.1 Å². The maximum Gasteiger partial charge on any atom is 0.260 e. The fourth-order valence-electron chi connectivity index (χ4n) is 3.84. The summed E-state index contributed by atoms with van der Waals surface area (Å²) in [6, 6.07) is 9.53. The molecule has 1 saturated heterocycles. The minimum absolute atomic E-state index is 0. The second-order valence-electron chi connectivity index (χ2n) is 7.94. The number of nitrogens with zero attached hydrogens (tertiary/aromatic N) is 4. The normalized spacial score (nSPS) is 12.7. The Morgan fingerprint density at radius 3 is 1.76 bits per heavy atom. The molecule has 0 aliphatic carbocycles. The van der Waals surface area contributed by atoms with E-state index in [2.05, 4.69) is 46.4 Å². The lowest BCUT2D eigenvalue weighted by molar-refractivity contribution is -0.936. The van der Waals surface area contributed by atoms with Crippen molar-refractivity contribution in [2.45, 2.75) is 67.9 Å². The van der Waals surface area contributed by atoms with Gasteiger partial charge in [-0.25, -0.2) is 0 Å². The van der Waals surface area contributed by atoms with Gasteiger partial charge in [0.2, 0.25) is 5.91 Å². The van der Waals surface area contributed by atoms with Crippen LogP contribution in [0.4, 0.5) is 0 Å². The third-order valence-corrected chi connectivity index (χ3v) is 6.39. The van der Waals surface area contributed by atoms with Crippen LogP contribution in [0.1, 0.15) is 77.2 Å². The van der Waals surface area contributed by atoms with Crippen LogP contribution in [0.2, 0.25) is 0 Å². The maximum atomic E-state index is 12.3. The second-order valence-corrected chi connectivity index (χ2v) is 7.94. The maximum absolute atomic E-state index is 12.3. The molecule has 1 aromatic carbocycles. The molecule has 0 bridgehead atoms. The molecular weight excluding hydrogens is 436 g/mol. The minimum Gasteiger partial charge on any atom is -1.00 e. The molecule has 188 valence electrons. The highest BCUT2D eigenvalue weighted by Crippen LogP contribution is 2.18. The number of carbonyl (C=O) groups is 2. The summed E-state index contributed by atoms with van der Waals surface area (Å²) in [6.45, 7) is 23.1. The lowest BCUT2D eigenvalue weighted by atomic mass is 10.1. The van der Waals surface area contributed by atoms with Gasteiger partial charge in [-0.05, 0) is 59.0 Å². The van der Waals surface area contributed by atoms with Crippen LogP contribution in [0.3, 0.4) is 0 Å². The van der Waals surface area contributed by atoms with Crippen LogP contribution in [0.15, 0.2) is 24.3 Å². The van der Waals surface area contributed by atoms with Gasteiger partial charge in [-0.1, -0.05) is 32.9 Å². The molecule has 0 spiro atoms. The van der Waals surface area contributed by atoms with Crippen molar-refractivity contribution in [3.05, 3.63) is 35.4 Å². The molecule has 0 saturated carbocycles. The van der Waals surface area contributed by atoms with E-state index in [4.69, 9.17) is 5.26 Å². The Hall–Kier alpha value is -1.94. The Morgan fingerprint density at radius 2 is 1.45 bits per heavy atom. The molecule has 1 fully saturated rings. The summed E-state index contributed by atoms with van der Waals surface area (Å²) in [5.74, 6) is -0.205. The van der Waals surface area contributed by atoms with Gasteiger partial charge in [-0.2, -0.15) is 5.26 Å². The summed E-state index contributed by atoms with van der Waals surface area (Å²) in [7, 11) is 0. The number of quaternary nitrogens is 1. The fraction of sp³-hybridized carbons (Fsp3) is 0.654. The number of nitriles is 1. The number of rotatable bonds is 9. The van der Waals surface area contributed by atoms with Crippen molar-refractivity contribution in [1.29, 1.82) is 5.26 Å². The van der Waals surface area contributed by atoms with Crippen molar-refractivity contribution in [3.8, 4) is 6.07 Å². The van der Waals surface area contributed by atoms with E-state index < -0.39 is 0 Å². The van der Waals surface area contributed by atoms with Gasteiger partial charge in [0.05, 0.1) is 25.7 Å². The number of halogens is 1. The number of amides is 2. The number of hydrogen-bond donors (Lipinski definition) is 0. The van der Waals surface area contributed by atoms with Gasteiger partial charge in [-0.15, -0.1) is 0 Å². The molecule has 2 amide bonds. The molecule has 0 N–H and O–H groups in total. The van der Waals surface area contributed by atoms with Gasteiger partial charge in [0, 0.05) is 31.0 Å². The topological polar surface area (TPSA) is 64.4 Å².